The van der Waals surface area contributed by atoms with Crippen LogP contribution >= 0.6 is 0 Å². The van der Waals surface area contributed by atoms with Gasteiger partial charge in [-0.2, -0.15) is 18.2 Å². The van der Waals surface area contributed by atoms with Crippen LogP contribution in [0.4, 0.5) is 13.2 Å². The molecule has 4 rings (SSSR count). The van der Waals surface area contributed by atoms with E-state index in [2.05, 4.69) is 15.0 Å². The van der Waals surface area contributed by atoms with Gasteiger partial charge in [-0.3, -0.25) is 14.6 Å². The number of likely N-dealkylation sites (N-methyl/N-ethyl adjacent to an activating group) is 1. The summed E-state index contributed by atoms with van der Waals surface area (Å²) in [5, 5.41) is 3.85. The van der Waals surface area contributed by atoms with Crippen LogP contribution in [0.2, 0.25) is 0 Å². The van der Waals surface area contributed by atoms with E-state index in [1.807, 2.05) is 54.1 Å². The van der Waals surface area contributed by atoms with Gasteiger partial charge in [0.25, 0.3) is 0 Å². The second-order valence-corrected chi connectivity index (χ2v) is 8.58. The third kappa shape index (κ3) is 5.88. The summed E-state index contributed by atoms with van der Waals surface area (Å²) < 4.78 is 44.3. The number of hydrogen-bond donors (Lipinski definition) is 0. The van der Waals surface area contributed by atoms with Crippen molar-refractivity contribution >= 4 is 5.91 Å². The first-order valence-electron chi connectivity index (χ1n) is 11.5. The Morgan fingerprint density at radius 1 is 1.09 bits per heavy atom. The van der Waals surface area contributed by atoms with Crippen LogP contribution < -0.4 is 0 Å². The second kappa shape index (κ2) is 10.6. The standard InChI is InChI=1S/C25H28F3N5O2/c1-3-31(2)22(18-8-5-4-6-9-18)24(34)33-14-12-32(13-15-33)17-21-29-23(30-35-21)19-10-7-11-20(16-19)25(26,27)28/h4-11,16,22H,3,12-15,17H2,1-2H3. The number of halogens is 3. The fourth-order valence-electron chi connectivity index (χ4n) is 4.17. The highest BCUT2D eigenvalue weighted by atomic mass is 19.4. The molecule has 0 saturated carbocycles. The molecule has 0 radical (unpaired) electrons. The molecule has 186 valence electrons. The number of aromatic nitrogens is 2. The molecular weight excluding hydrogens is 459 g/mol. The molecule has 1 aromatic heterocycles. The van der Waals surface area contributed by atoms with Gasteiger partial charge in [0.2, 0.25) is 17.6 Å². The van der Waals surface area contributed by atoms with Crippen LogP contribution in [0.3, 0.4) is 0 Å². The molecule has 35 heavy (non-hydrogen) atoms. The number of alkyl halides is 3. The third-order valence-corrected chi connectivity index (χ3v) is 6.25. The summed E-state index contributed by atoms with van der Waals surface area (Å²) in [5.41, 5.74) is 0.458. The lowest BCUT2D eigenvalue weighted by Gasteiger charge is -2.37. The number of amides is 1. The number of piperazine rings is 1. The number of carbonyl (C=O) groups excluding carboxylic acids is 1. The van der Waals surface area contributed by atoms with E-state index < -0.39 is 11.7 Å². The van der Waals surface area contributed by atoms with Crippen molar-refractivity contribution in [2.24, 2.45) is 0 Å². The Hall–Kier alpha value is -3.24. The highest BCUT2D eigenvalue weighted by Crippen LogP contribution is 2.31. The molecule has 10 heteroatoms. The second-order valence-electron chi connectivity index (χ2n) is 8.58. The molecule has 1 aliphatic heterocycles. The van der Waals surface area contributed by atoms with Crippen molar-refractivity contribution in [3.05, 3.63) is 71.6 Å². The topological polar surface area (TPSA) is 65.7 Å². The maximum atomic E-state index is 13.4. The van der Waals surface area contributed by atoms with Crippen LogP contribution in [-0.2, 0) is 17.5 Å². The lowest BCUT2D eigenvalue weighted by Crippen LogP contribution is -2.51. The molecule has 1 amide bonds. The van der Waals surface area contributed by atoms with E-state index in [-0.39, 0.29) is 23.3 Å². The Morgan fingerprint density at radius 3 is 2.46 bits per heavy atom. The molecule has 1 atom stereocenters. The average molecular weight is 488 g/mol. The van der Waals surface area contributed by atoms with Crippen molar-refractivity contribution in [3.63, 3.8) is 0 Å². The van der Waals surface area contributed by atoms with Crippen molar-refractivity contribution in [2.45, 2.75) is 25.7 Å². The van der Waals surface area contributed by atoms with Gasteiger partial charge in [0, 0.05) is 31.7 Å². The van der Waals surface area contributed by atoms with E-state index in [1.54, 1.807) is 0 Å². The number of hydrogen-bond acceptors (Lipinski definition) is 6. The van der Waals surface area contributed by atoms with E-state index in [9.17, 15) is 18.0 Å². The van der Waals surface area contributed by atoms with E-state index in [0.29, 0.717) is 38.6 Å². The molecule has 2 aromatic carbocycles. The smallest absolute Gasteiger partial charge is 0.338 e. The molecule has 1 aliphatic rings. The Morgan fingerprint density at radius 2 is 1.80 bits per heavy atom. The fraction of sp³-hybridized carbons (Fsp3) is 0.400. The highest BCUT2D eigenvalue weighted by molar-refractivity contribution is 5.83. The van der Waals surface area contributed by atoms with E-state index >= 15 is 0 Å². The zero-order valence-electron chi connectivity index (χ0n) is 19.7. The zero-order valence-corrected chi connectivity index (χ0v) is 19.7. The van der Waals surface area contributed by atoms with Crippen LogP contribution in [0.15, 0.2) is 59.1 Å². The van der Waals surface area contributed by atoms with Crippen LogP contribution in [0.5, 0.6) is 0 Å². The van der Waals surface area contributed by atoms with Gasteiger partial charge in [-0.25, -0.2) is 0 Å². The molecular formula is C25H28F3N5O2. The minimum Gasteiger partial charge on any atom is -0.338 e. The zero-order chi connectivity index (χ0) is 25.0. The van der Waals surface area contributed by atoms with Gasteiger partial charge in [0.1, 0.15) is 6.04 Å². The number of benzene rings is 2. The van der Waals surface area contributed by atoms with Crippen LogP contribution in [0.1, 0.15) is 30.0 Å². The van der Waals surface area contributed by atoms with E-state index in [4.69, 9.17) is 4.52 Å². The monoisotopic (exact) mass is 487 g/mol. The summed E-state index contributed by atoms with van der Waals surface area (Å²) >= 11 is 0. The minimum absolute atomic E-state index is 0.0739. The molecule has 1 fully saturated rings. The first kappa shape index (κ1) is 24.9. The third-order valence-electron chi connectivity index (χ3n) is 6.25. The lowest BCUT2D eigenvalue weighted by molar-refractivity contribution is -0.139. The lowest BCUT2D eigenvalue weighted by atomic mass is 10.0. The van der Waals surface area contributed by atoms with Gasteiger partial charge >= 0.3 is 6.18 Å². The van der Waals surface area contributed by atoms with Crippen molar-refractivity contribution < 1.29 is 22.5 Å². The van der Waals surface area contributed by atoms with Crippen molar-refractivity contribution in [1.82, 2.24) is 24.8 Å². The fourth-order valence-corrected chi connectivity index (χ4v) is 4.17. The van der Waals surface area contributed by atoms with Crippen LogP contribution in [0.25, 0.3) is 11.4 Å². The molecule has 0 bridgehead atoms. The van der Waals surface area contributed by atoms with Crippen molar-refractivity contribution in [3.8, 4) is 11.4 Å². The first-order chi connectivity index (χ1) is 16.8. The SMILES string of the molecule is CCN(C)C(C(=O)N1CCN(Cc2nc(-c3cccc(C(F)(F)F)c3)no2)CC1)c1ccccc1. The quantitative estimate of drug-likeness (QED) is 0.500. The normalized spacial score (nSPS) is 16.0. The minimum atomic E-state index is -4.44. The largest absolute Gasteiger partial charge is 0.416 e. The highest BCUT2D eigenvalue weighted by Gasteiger charge is 2.32. The maximum Gasteiger partial charge on any atom is 0.416 e. The molecule has 7 nitrogen and oxygen atoms in total. The Bertz CT molecular complexity index is 1130. The summed E-state index contributed by atoms with van der Waals surface area (Å²) in [6.45, 7) is 5.53. The number of carbonyl (C=O) groups is 1. The summed E-state index contributed by atoms with van der Waals surface area (Å²) in [6.07, 6.45) is -4.44. The first-order valence-corrected chi connectivity index (χ1v) is 11.5. The summed E-state index contributed by atoms with van der Waals surface area (Å²) in [5.74, 6) is 0.517. The van der Waals surface area contributed by atoms with E-state index in [1.165, 1.54) is 12.1 Å². The van der Waals surface area contributed by atoms with Gasteiger partial charge in [-0.1, -0.05) is 54.5 Å². The molecule has 0 N–H and O–H groups in total. The molecule has 3 aromatic rings. The molecule has 1 saturated heterocycles. The van der Waals surface area contributed by atoms with Gasteiger partial charge in [0.05, 0.1) is 12.1 Å². The van der Waals surface area contributed by atoms with Crippen molar-refractivity contribution in [1.29, 1.82) is 0 Å². The predicted octanol–water partition coefficient (Wildman–Crippen LogP) is 4.09. The summed E-state index contributed by atoms with van der Waals surface area (Å²) in [7, 11) is 1.95. The van der Waals surface area contributed by atoms with Gasteiger partial charge in [0.15, 0.2) is 0 Å². The van der Waals surface area contributed by atoms with Crippen LogP contribution in [-0.4, -0.2) is 70.5 Å². The predicted molar refractivity (Wildman–Crippen MR) is 124 cm³/mol. The number of nitrogens with zero attached hydrogens (tertiary/aromatic N) is 5. The Labute approximate surface area is 202 Å². The van der Waals surface area contributed by atoms with Crippen LogP contribution in [0, 0.1) is 0 Å². The maximum absolute atomic E-state index is 13.4. The Balaban J connectivity index is 1.37. The van der Waals surface area contributed by atoms with E-state index in [0.717, 1.165) is 24.2 Å². The van der Waals surface area contributed by atoms with Crippen molar-refractivity contribution in [2.75, 3.05) is 39.8 Å². The van der Waals surface area contributed by atoms with Gasteiger partial charge < -0.3 is 9.42 Å². The molecule has 0 spiro atoms. The average Bonchev–Trinajstić information content (AvgIpc) is 3.33. The van der Waals surface area contributed by atoms with Gasteiger partial charge in [-0.05, 0) is 31.3 Å². The number of rotatable bonds is 7. The summed E-state index contributed by atoms with van der Waals surface area (Å²) in [4.78, 5) is 23.7. The Kier molecular flexibility index (Phi) is 7.51. The molecule has 1 unspecified atom stereocenters. The summed E-state index contributed by atoms with van der Waals surface area (Å²) in [6, 6.07) is 14.3. The molecule has 0 aliphatic carbocycles. The molecule has 2 heterocycles. The van der Waals surface area contributed by atoms with Gasteiger partial charge in [-0.15, -0.1) is 0 Å².